The van der Waals surface area contributed by atoms with Crippen molar-refractivity contribution in [3.63, 3.8) is 0 Å². The number of rotatable bonds is 5. The molecule has 8 heteroatoms. The summed E-state index contributed by atoms with van der Waals surface area (Å²) in [6, 6.07) is 2.10. The normalized spacial score (nSPS) is 19.3. The van der Waals surface area contributed by atoms with Crippen molar-refractivity contribution < 1.29 is 13.2 Å². The van der Waals surface area contributed by atoms with Gasteiger partial charge in [-0.05, 0) is 37.8 Å². The lowest BCUT2D eigenvalue weighted by Crippen LogP contribution is -2.33. The largest absolute Gasteiger partial charge is 0.393 e. The number of alkyl halides is 3. The van der Waals surface area contributed by atoms with Crippen molar-refractivity contribution in [2.24, 2.45) is 5.92 Å². The number of nitrogens with one attached hydrogen (secondary N) is 1. The SMILES string of the molecule is CC(C)CN[C@H]1CCCN(c2ncnc3sc(CC(F)(F)F)cc23)CC1. The smallest absolute Gasteiger partial charge is 0.356 e. The van der Waals surface area contributed by atoms with Gasteiger partial charge in [-0.2, -0.15) is 13.2 Å². The summed E-state index contributed by atoms with van der Waals surface area (Å²) in [4.78, 5) is 11.7. The first-order chi connectivity index (χ1) is 12.3. The highest BCUT2D eigenvalue weighted by Crippen LogP contribution is 2.34. The number of nitrogens with zero attached hydrogens (tertiary/aromatic N) is 3. The van der Waals surface area contributed by atoms with Crippen LogP contribution in [0.5, 0.6) is 0 Å². The van der Waals surface area contributed by atoms with Crippen LogP contribution in [0.3, 0.4) is 0 Å². The van der Waals surface area contributed by atoms with Gasteiger partial charge in [-0.15, -0.1) is 11.3 Å². The average Bonchev–Trinajstić information content (AvgIpc) is 2.80. The fraction of sp³-hybridized carbons (Fsp3) is 0.667. The molecule has 26 heavy (non-hydrogen) atoms. The number of thiophene rings is 1. The average molecular weight is 386 g/mol. The van der Waals surface area contributed by atoms with Crippen LogP contribution in [0.1, 0.15) is 38.0 Å². The van der Waals surface area contributed by atoms with Crippen molar-refractivity contribution in [1.82, 2.24) is 15.3 Å². The van der Waals surface area contributed by atoms with Crippen LogP contribution in [-0.2, 0) is 6.42 Å². The van der Waals surface area contributed by atoms with Crippen molar-refractivity contribution in [3.8, 4) is 0 Å². The Morgan fingerprint density at radius 2 is 2.08 bits per heavy atom. The predicted octanol–water partition coefficient (Wildman–Crippen LogP) is 4.40. The molecular formula is C18H25F3N4S. The molecule has 3 heterocycles. The molecule has 2 aromatic heterocycles. The monoisotopic (exact) mass is 386 g/mol. The van der Waals surface area contributed by atoms with Gasteiger partial charge < -0.3 is 10.2 Å². The van der Waals surface area contributed by atoms with E-state index < -0.39 is 12.6 Å². The molecule has 1 aliphatic heterocycles. The van der Waals surface area contributed by atoms with Gasteiger partial charge in [0.1, 0.15) is 17.0 Å². The summed E-state index contributed by atoms with van der Waals surface area (Å²) in [6.07, 6.45) is -0.481. The first-order valence-corrected chi connectivity index (χ1v) is 9.92. The molecule has 0 bridgehead atoms. The molecule has 144 valence electrons. The lowest BCUT2D eigenvalue weighted by molar-refractivity contribution is -0.126. The fourth-order valence-electron chi connectivity index (χ4n) is 3.34. The van der Waals surface area contributed by atoms with Gasteiger partial charge in [0.2, 0.25) is 0 Å². The van der Waals surface area contributed by atoms with E-state index in [-0.39, 0.29) is 0 Å². The second-order valence-electron chi connectivity index (χ2n) is 7.34. The summed E-state index contributed by atoms with van der Waals surface area (Å²) in [7, 11) is 0. The lowest BCUT2D eigenvalue weighted by atomic mass is 10.1. The summed E-state index contributed by atoms with van der Waals surface area (Å²) < 4.78 is 38.1. The van der Waals surface area contributed by atoms with Gasteiger partial charge in [-0.1, -0.05) is 13.8 Å². The van der Waals surface area contributed by atoms with E-state index in [1.165, 1.54) is 6.33 Å². The highest BCUT2D eigenvalue weighted by molar-refractivity contribution is 7.18. The maximum Gasteiger partial charge on any atom is 0.393 e. The molecule has 0 radical (unpaired) electrons. The molecule has 3 rings (SSSR count). The zero-order chi connectivity index (χ0) is 18.7. The van der Waals surface area contributed by atoms with E-state index in [2.05, 4.69) is 34.0 Å². The third-order valence-electron chi connectivity index (χ3n) is 4.58. The fourth-order valence-corrected chi connectivity index (χ4v) is 4.37. The van der Waals surface area contributed by atoms with E-state index in [1.807, 2.05) is 0 Å². The molecule has 1 fully saturated rings. The van der Waals surface area contributed by atoms with Crippen molar-refractivity contribution >= 4 is 27.4 Å². The van der Waals surface area contributed by atoms with E-state index in [4.69, 9.17) is 0 Å². The molecule has 4 nitrogen and oxygen atoms in total. The van der Waals surface area contributed by atoms with Gasteiger partial charge in [0, 0.05) is 24.0 Å². The predicted molar refractivity (Wildman–Crippen MR) is 99.9 cm³/mol. The number of halogens is 3. The van der Waals surface area contributed by atoms with Gasteiger partial charge in [-0.3, -0.25) is 0 Å². The molecule has 0 saturated carbocycles. The third-order valence-corrected chi connectivity index (χ3v) is 5.62. The maximum absolute atomic E-state index is 12.7. The zero-order valence-corrected chi connectivity index (χ0v) is 16.0. The minimum absolute atomic E-state index is 0.292. The minimum atomic E-state index is -4.20. The van der Waals surface area contributed by atoms with E-state index >= 15 is 0 Å². The van der Waals surface area contributed by atoms with Gasteiger partial charge in [0.15, 0.2) is 0 Å². The molecule has 0 aromatic carbocycles. The van der Waals surface area contributed by atoms with Crippen molar-refractivity contribution in [2.75, 3.05) is 24.5 Å². The lowest BCUT2D eigenvalue weighted by Gasteiger charge is -2.22. The van der Waals surface area contributed by atoms with E-state index in [0.29, 0.717) is 21.7 Å². The third kappa shape index (κ3) is 5.07. The van der Waals surface area contributed by atoms with Gasteiger partial charge in [-0.25, -0.2) is 9.97 Å². The van der Waals surface area contributed by atoms with Crippen LogP contribution in [-0.4, -0.2) is 41.8 Å². The number of anilines is 1. The Morgan fingerprint density at radius 1 is 1.27 bits per heavy atom. The first kappa shape index (κ1) is 19.4. The Labute approximate surface area is 155 Å². The highest BCUT2D eigenvalue weighted by Gasteiger charge is 2.29. The molecule has 0 amide bonds. The van der Waals surface area contributed by atoms with Crippen LogP contribution in [0.2, 0.25) is 0 Å². The van der Waals surface area contributed by atoms with Crippen LogP contribution in [0.25, 0.3) is 10.2 Å². The summed E-state index contributed by atoms with van der Waals surface area (Å²) >= 11 is 1.11. The second kappa shape index (κ2) is 8.08. The number of aromatic nitrogens is 2. The Hall–Kier alpha value is -1.41. The van der Waals surface area contributed by atoms with Gasteiger partial charge in [0.25, 0.3) is 0 Å². The van der Waals surface area contributed by atoms with Gasteiger partial charge in [0.05, 0.1) is 11.8 Å². The molecule has 2 aromatic rings. The molecular weight excluding hydrogens is 361 g/mol. The standard InChI is InChI=1S/C18H25F3N4S/c1-12(2)10-22-13-4-3-6-25(7-5-13)16-15-8-14(9-18(19,20)21)26-17(15)24-11-23-16/h8,11-13,22H,3-7,9-10H2,1-2H3/t13-/m0/s1. The van der Waals surface area contributed by atoms with E-state index in [0.717, 1.165) is 61.4 Å². The van der Waals surface area contributed by atoms with Crippen LogP contribution in [0, 0.1) is 5.92 Å². The Balaban J connectivity index is 1.75. The maximum atomic E-state index is 12.7. The van der Waals surface area contributed by atoms with Crippen molar-refractivity contribution in [1.29, 1.82) is 0 Å². The number of fused-ring (bicyclic) bond motifs is 1. The molecule has 1 atom stereocenters. The topological polar surface area (TPSA) is 41.0 Å². The molecule has 1 N–H and O–H groups in total. The van der Waals surface area contributed by atoms with Crippen LogP contribution in [0.4, 0.5) is 19.0 Å². The van der Waals surface area contributed by atoms with E-state index in [1.54, 1.807) is 6.07 Å². The van der Waals surface area contributed by atoms with Crippen LogP contribution >= 0.6 is 11.3 Å². The number of hydrogen-bond donors (Lipinski definition) is 1. The number of hydrogen-bond acceptors (Lipinski definition) is 5. The van der Waals surface area contributed by atoms with Gasteiger partial charge >= 0.3 is 6.18 Å². The zero-order valence-electron chi connectivity index (χ0n) is 15.1. The molecule has 1 saturated heterocycles. The van der Waals surface area contributed by atoms with Crippen LogP contribution < -0.4 is 10.2 Å². The summed E-state index contributed by atoms with van der Waals surface area (Å²) in [6.45, 7) is 7.13. The first-order valence-electron chi connectivity index (χ1n) is 9.10. The summed E-state index contributed by atoms with van der Waals surface area (Å²) in [5.74, 6) is 1.39. The summed E-state index contributed by atoms with van der Waals surface area (Å²) in [5, 5.41) is 4.36. The van der Waals surface area contributed by atoms with Crippen molar-refractivity contribution in [2.45, 2.75) is 51.7 Å². The second-order valence-corrected chi connectivity index (χ2v) is 8.45. The molecule has 0 unspecified atom stereocenters. The minimum Gasteiger partial charge on any atom is -0.356 e. The Kier molecular flexibility index (Phi) is 6.02. The molecule has 0 spiro atoms. The summed E-state index contributed by atoms with van der Waals surface area (Å²) in [5.41, 5.74) is 0. The van der Waals surface area contributed by atoms with Crippen molar-refractivity contribution in [3.05, 3.63) is 17.3 Å². The Bertz CT molecular complexity index is 729. The Morgan fingerprint density at radius 3 is 2.81 bits per heavy atom. The quantitative estimate of drug-likeness (QED) is 0.827. The van der Waals surface area contributed by atoms with E-state index in [9.17, 15) is 13.2 Å². The highest BCUT2D eigenvalue weighted by atomic mass is 32.1. The molecule has 1 aliphatic rings. The van der Waals surface area contributed by atoms with Crippen LogP contribution in [0.15, 0.2) is 12.4 Å². The molecule has 0 aliphatic carbocycles.